The van der Waals surface area contributed by atoms with E-state index in [0.717, 1.165) is 36.8 Å². The van der Waals surface area contributed by atoms with Crippen LogP contribution in [0.15, 0.2) is 48.5 Å². The molecule has 1 unspecified atom stereocenters. The van der Waals surface area contributed by atoms with Gasteiger partial charge in [-0.1, -0.05) is 48.0 Å². The summed E-state index contributed by atoms with van der Waals surface area (Å²) in [5, 5.41) is 0.613. The van der Waals surface area contributed by atoms with Gasteiger partial charge in [-0.2, -0.15) is 8.78 Å². The van der Waals surface area contributed by atoms with Crippen LogP contribution in [0.3, 0.4) is 0 Å². The Hall–Kier alpha value is -1.98. The van der Waals surface area contributed by atoms with E-state index >= 15 is 0 Å². The molecule has 1 heterocycles. The smallest absolute Gasteiger partial charge is 0.296 e. The van der Waals surface area contributed by atoms with Gasteiger partial charge in [-0.15, -0.1) is 0 Å². The Bertz CT molecular complexity index is 842. The molecule has 2 N–H and O–H groups in total. The minimum absolute atomic E-state index is 0.191. The molecule has 1 amide bonds. The monoisotopic (exact) mass is 390 g/mol. The van der Waals surface area contributed by atoms with Gasteiger partial charge in [0, 0.05) is 22.7 Å². The number of nitrogens with zero attached hydrogens (tertiary/aromatic N) is 1. The van der Waals surface area contributed by atoms with Gasteiger partial charge in [0.15, 0.2) is 6.04 Å². The summed E-state index contributed by atoms with van der Waals surface area (Å²) in [7, 11) is 0. The van der Waals surface area contributed by atoms with Crippen molar-refractivity contribution < 1.29 is 13.6 Å². The number of amides is 1. The Morgan fingerprint density at radius 2 is 1.59 bits per heavy atom. The van der Waals surface area contributed by atoms with E-state index in [1.165, 1.54) is 12.1 Å². The molecule has 1 aliphatic heterocycles. The van der Waals surface area contributed by atoms with Gasteiger partial charge >= 0.3 is 0 Å². The van der Waals surface area contributed by atoms with Gasteiger partial charge in [0.25, 0.3) is 5.92 Å². The molecule has 4 rings (SSSR count). The number of carbonyl (C=O) groups is 1. The van der Waals surface area contributed by atoms with Crippen LogP contribution in [0.1, 0.15) is 31.2 Å². The molecule has 27 heavy (non-hydrogen) atoms. The van der Waals surface area contributed by atoms with Crippen molar-refractivity contribution in [3.8, 4) is 11.1 Å². The lowest BCUT2D eigenvalue weighted by Gasteiger charge is -2.59. The van der Waals surface area contributed by atoms with Crippen molar-refractivity contribution >= 4 is 17.5 Å². The van der Waals surface area contributed by atoms with Gasteiger partial charge in [0.2, 0.25) is 5.91 Å². The zero-order valence-corrected chi connectivity index (χ0v) is 15.6. The van der Waals surface area contributed by atoms with Crippen molar-refractivity contribution in [2.45, 2.75) is 43.2 Å². The molecule has 2 aliphatic rings. The summed E-state index contributed by atoms with van der Waals surface area (Å²) in [6, 6.07) is 11.2. The lowest BCUT2D eigenvalue weighted by Crippen LogP contribution is -2.69. The Morgan fingerprint density at radius 1 is 1.04 bits per heavy atom. The van der Waals surface area contributed by atoms with E-state index in [1.54, 1.807) is 29.2 Å². The molecule has 0 aromatic heterocycles. The molecule has 3 nitrogen and oxygen atoms in total. The van der Waals surface area contributed by atoms with E-state index in [2.05, 4.69) is 0 Å². The molecular weight excluding hydrogens is 370 g/mol. The first-order chi connectivity index (χ1) is 12.8. The second-order valence-corrected chi connectivity index (χ2v) is 7.94. The number of hydrogen-bond donors (Lipinski definition) is 1. The van der Waals surface area contributed by atoms with Crippen molar-refractivity contribution in [3.05, 3.63) is 59.1 Å². The zero-order chi connectivity index (χ0) is 19.2. The Morgan fingerprint density at radius 3 is 2.04 bits per heavy atom. The third kappa shape index (κ3) is 3.03. The molecule has 6 heteroatoms. The molecule has 1 atom stereocenters. The van der Waals surface area contributed by atoms with Crippen LogP contribution in [0, 0.1) is 0 Å². The van der Waals surface area contributed by atoms with E-state index in [4.69, 9.17) is 17.3 Å². The molecule has 1 saturated carbocycles. The van der Waals surface area contributed by atoms with Crippen LogP contribution in [0.5, 0.6) is 0 Å². The maximum Gasteiger partial charge on any atom is 0.296 e. The highest BCUT2D eigenvalue weighted by Gasteiger charge is 2.55. The highest BCUT2D eigenvalue weighted by atomic mass is 35.5. The van der Waals surface area contributed by atoms with Gasteiger partial charge in [0.05, 0.1) is 0 Å². The summed E-state index contributed by atoms with van der Waals surface area (Å²) in [6.45, 7) is 0.526. The van der Waals surface area contributed by atoms with Crippen LogP contribution in [0.4, 0.5) is 8.78 Å². The molecule has 142 valence electrons. The Kier molecular flexibility index (Phi) is 4.47. The first-order valence-electron chi connectivity index (χ1n) is 9.15. The zero-order valence-electron chi connectivity index (χ0n) is 14.8. The second kappa shape index (κ2) is 6.57. The molecule has 0 radical (unpaired) electrons. The Balaban J connectivity index is 1.52. The van der Waals surface area contributed by atoms with Crippen LogP contribution in [0.2, 0.25) is 5.02 Å². The minimum Gasteiger partial charge on any atom is -0.335 e. The number of halogens is 3. The molecule has 2 aromatic rings. The summed E-state index contributed by atoms with van der Waals surface area (Å²) in [5.74, 6) is -4.07. The third-order valence-electron chi connectivity index (χ3n) is 6.03. The summed E-state index contributed by atoms with van der Waals surface area (Å²) in [5.41, 5.74) is 6.98. The van der Waals surface area contributed by atoms with E-state index in [9.17, 15) is 13.6 Å². The number of alkyl halides is 2. The fraction of sp³-hybridized carbons (Fsp3) is 0.381. The largest absolute Gasteiger partial charge is 0.335 e. The molecule has 2 fully saturated rings. The summed E-state index contributed by atoms with van der Waals surface area (Å²) in [6.07, 6.45) is 3.73. The molecular formula is C21H21ClF2N2O. The summed E-state index contributed by atoms with van der Waals surface area (Å²) in [4.78, 5) is 14.1. The lowest BCUT2D eigenvalue weighted by atomic mass is 9.67. The number of rotatable bonds is 4. The van der Waals surface area contributed by atoms with Crippen LogP contribution in [-0.2, 0) is 10.7 Å². The predicted molar refractivity (Wildman–Crippen MR) is 102 cm³/mol. The van der Waals surface area contributed by atoms with E-state index in [1.807, 2.05) is 12.1 Å². The molecule has 2 aromatic carbocycles. The maximum atomic E-state index is 14.9. The van der Waals surface area contributed by atoms with E-state index in [0.29, 0.717) is 11.6 Å². The molecule has 0 bridgehead atoms. The molecule has 1 saturated heterocycles. The summed E-state index contributed by atoms with van der Waals surface area (Å²) < 4.78 is 29.8. The standard InChI is InChI=1S/C21H21ClF2N2O/c22-17-8-4-15(5-9-17)14-2-6-16(7-3-14)21(23,24)18(25)19(27)26-13-12-20(26)10-1-11-20/h2-9,18H,1,10-13,25H2. The number of benzene rings is 2. The number of likely N-dealkylation sites (tertiary alicyclic amines) is 1. The molecule has 1 aliphatic carbocycles. The van der Waals surface area contributed by atoms with Gasteiger partial charge < -0.3 is 10.6 Å². The van der Waals surface area contributed by atoms with Crippen LogP contribution in [-0.4, -0.2) is 28.9 Å². The highest BCUT2D eigenvalue weighted by Crippen LogP contribution is 2.48. The first kappa shape index (κ1) is 18.4. The Labute approximate surface area is 162 Å². The van der Waals surface area contributed by atoms with Gasteiger partial charge in [-0.3, -0.25) is 4.79 Å². The van der Waals surface area contributed by atoms with Crippen LogP contribution in [0.25, 0.3) is 11.1 Å². The summed E-state index contributed by atoms with van der Waals surface area (Å²) >= 11 is 5.88. The third-order valence-corrected chi connectivity index (χ3v) is 6.28. The van der Waals surface area contributed by atoms with Crippen molar-refractivity contribution in [2.75, 3.05) is 6.54 Å². The first-order valence-corrected chi connectivity index (χ1v) is 9.53. The molecule has 1 spiro atoms. The average molecular weight is 391 g/mol. The van der Waals surface area contributed by atoms with Gasteiger partial charge in [0.1, 0.15) is 0 Å². The maximum absolute atomic E-state index is 14.9. The topological polar surface area (TPSA) is 46.3 Å². The minimum atomic E-state index is -3.42. The second-order valence-electron chi connectivity index (χ2n) is 7.50. The van der Waals surface area contributed by atoms with E-state index < -0.39 is 17.9 Å². The van der Waals surface area contributed by atoms with Crippen molar-refractivity contribution in [2.24, 2.45) is 5.73 Å². The quantitative estimate of drug-likeness (QED) is 0.830. The van der Waals surface area contributed by atoms with Gasteiger partial charge in [-0.25, -0.2) is 0 Å². The van der Waals surface area contributed by atoms with Crippen molar-refractivity contribution in [3.63, 3.8) is 0 Å². The van der Waals surface area contributed by atoms with Crippen molar-refractivity contribution in [1.29, 1.82) is 0 Å². The average Bonchev–Trinajstić information content (AvgIpc) is 2.59. The van der Waals surface area contributed by atoms with Crippen LogP contribution < -0.4 is 5.73 Å². The van der Waals surface area contributed by atoms with Crippen molar-refractivity contribution in [1.82, 2.24) is 4.90 Å². The highest BCUT2D eigenvalue weighted by molar-refractivity contribution is 6.30. The normalized spacial score (nSPS) is 19.3. The number of hydrogen-bond acceptors (Lipinski definition) is 2. The lowest BCUT2D eigenvalue weighted by molar-refractivity contribution is -0.166. The fourth-order valence-corrected chi connectivity index (χ4v) is 4.14. The fourth-order valence-electron chi connectivity index (χ4n) is 4.02. The number of nitrogens with two attached hydrogens (primary N) is 1. The number of carbonyl (C=O) groups excluding carboxylic acids is 1. The van der Waals surface area contributed by atoms with Gasteiger partial charge in [-0.05, 0) is 48.9 Å². The van der Waals surface area contributed by atoms with Crippen LogP contribution >= 0.6 is 11.6 Å². The SMILES string of the molecule is NC(C(=O)N1CCC12CCC2)C(F)(F)c1ccc(-c2ccc(Cl)cc2)cc1. The predicted octanol–water partition coefficient (Wildman–Crippen LogP) is 4.58. The van der Waals surface area contributed by atoms with E-state index in [-0.39, 0.29) is 11.1 Å².